The third-order valence-electron chi connectivity index (χ3n) is 3.73. The van der Waals surface area contributed by atoms with Crippen LogP contribution in [-0.2, 0) is 17.8 Å². The van der Waals surface area contributed by atoms with Gasteiger partial charge in [0.25, 0.3) is 5.69 Å². The van der Waals surface area contributed by atoms with Gasteiger partial charge in [0.1, 0.15) is 10.8 Å². The van der Waals surface area contributed by atoms with E-state index in [1.165, 1.54) is 12.1 Å². The summed E-state index contributed by atoms with van der Waals surface area (Å²) in [5.74, 6) is 0.531. The molecule has 1 amide bonds. The number of amides is 1. The number of halogens is 1. The molecule has 1 aromatic heterocycles. The van der Waals surface area contributed by atoms with Gasteiger partial charge in [0.15, 0.2) is 0 Å². The summed E-state index contributed by atoms with van der Waals surface area (Å²) in [6.45, 7) is 0.744. The number of aromatic nitrogens is 2. The number of hydrogen-bond donors (Lipinski definition) is 1. The van der Waals surface area contributed by atoms with Gasteiger partial charge in [-0.1, -0.05) is 11.6 Å². The van der Waals surface area contributed by atoms with E-state index in [1.807, 2.05) is 10.8 Å². The molecule has 0 aliphatic carbocycles. The Morgan fingerprint density at radius 1 is 1.50 bits per heavy atom. The van der Waals surface area contributed by atoms with Crippen molar-refractivity contribution in [2.75, 3.05) is 5.32 Å². The number of carbonyl (C=O) groups is 1. The topological polar surface area (TPSA) is 90.1 Å². The van der Waals surface area contributed by atoms with Crippen molar-refractivity contribution in [1.82, 2.24) is 9.55 Å². The van der Waals surface area contributed by atoms with Crippen molar-refractivity contribution >= 4 is 28.9 Å². The molecule has 7 nitrogen and oxygen atoms in total. The second kappa shape index (κ2) is 5.76. The monoisotopic (exact) mass is 320 g/mol. The van der Waals surface area contributed by atoms with Crippen LogP contribution in [-0.4, -0.2) is 20.4 Å². The second-order valence-corrected chi connectivity index (χ2v) is 5.55. The lowest BCUT2D eigenvalue weighted by Gasteiger charge is -2.22. The van der Waals surface area contributed by atoms with Crippen LogP contribution < -0.4 is 5.32 Å². The van der Waals surface area contributed by atoms with E-state index in [9.17, 15) is 14.9 Å². The summed E-state index contributed by atoms with van der Waals surface area (Å²) in [6, 6.07) is 4.23. The van der Waals surface area contributed by atoms with Crippen LogP contribution in [0.4, 0.5) is 11.4 Å². The molecule has 0 spiro atoms. The Hall–Kier alpha value is -2.41. The molecular weight excluding hydrogens is 308 g/mol. The number of nitrogens with zero attached hydrogens (tertiary/aromatic N) is 3. The van der Waals surface area contributed by atoms with Crippen LogP contribution in [0.15, 0.2) is 30.6 Å². The fourth-order valence-corrected chi connectivity index (χ4v) is 2.74. The van der Waals surface area contributed by atoms with E-state index in [-0.39, 0.29) is 22.5 Å². The maximum Gasteiger partial charge on any atom is 0.289 e. The van der Waals surface area contributed by atoms with Crippen LogP contribution in [0.3, 0.4) is 0 Å². The number of fused-ring (bicyclic) bond motifs is 1. The molecule has 1 N–H and O–H groups in total. The van der Waals surface area contributed by atoms with E-state index in [1.54, 1.807) is 12.3 Å². The first-order chi connectivity index (χ1) is 10.5. The van der Waals surface area contributed by atoms with E-state index >= 15 is 0 Å². The Morgan fingerprint density at radius 3 is 3.09 bits per heavy atom. The quantitative estimate of drug-likeness (QED) is 0.695. The first kappa shape index (κ1) is 14.5. The number of imidazole rings is 1. The fourth-order valence-electron chi connectivity index (χ4n) is 2.55. The van der Waals surface area contributed by atoms with Gasteiger partial charge < -0.3 is 9.88 Å². The van der Waals surface area contributed by atoms with Gasteiger partial charge >= 0.3 is 0 Å². The van der Waals surface area contributed by atoms with Crippen LogP contribution in [0.1, 0.15) is 12.2 Å². The lowest BCUT2D eigenvalue weighted by Crippen LogP contribution is -2.30. The molecule has 1 aliphatic rings. The minimum absolute atomic E-state index is 0.0442. The SMILES string of the molecule is O=C(Nc1ccc(Cl)c([N+](=O)[O-])c1)C1CCn2ccnc2C1. The Bertz CT molecular complexity index is 743. The highest BCUT2D eigenvalue weighted by atomic mass is 35.5. The number of hydrogen-bond acceptors (Lipinski definition) is 4. The average Bonchev–Trinajstić information content (AvgIpc) is 2.96. The summed E-state index contributed by atoms with van der Waals surface area (Å²) in [5, 5.41) is 13.6. The van der Waals surface area contributed by atoms with E-state index in [0.29, 0.717) is 18.5 Å². The largest absolute Gasteiger partial charge is 0.335 e. The number of nitrogens with one attached hydrogen (secondary N) is 1. The lowest BCUT2D eigenvalue weighted by atomic mass is 9.97. The Balaban J connectivity index is 1.72. The summed E-state index contributed by atoms with van der Waals surface area (Å²) in [5.41, 5.74) is 0.147. The summed E-state index contributed by atoms with van der Waals surface area (Å²) in [6.07, 6.45) is 4.89. The molecule has 0 bridgehead atoms. The molecule has 0 saturated heterocycles. The first-order valence-corrected chi connectivity index (χ1v) is 7.17. The molecule has 0 fully saturated rings. The lowest BCUT2D eigenvalue weighted by molar-refractivity contribution is -0.384. The van der Waals surface area contributed by atoms with E-state index in [4.69, 9.17) is 11.6 Å². The molecule has 2 aromatic rings. The predicted molar refractivity (Wildman–Crippen MR) is 80.8 cm³/mol. The molecule has 2 heterocycles. The van der Waals surface area contributed by atoms with Crippen molar-refractivity contribution in [3.8, 4) is 0 Å². The van der Waals surface area contributed by atoms with Crippen LogP contribution in [0.2, 0.25) is 5.02 Å². The number of nitro benzene ring substituents is 1. The fraction of sp³-hybridized carbons (Fsp3) is 0.286. The molecule has 1 aromatic carbocycles. The van der Waals surface area contributed by atoms with Crippen molar-refractivity contribution < 1.29 is 9.72 Å². The highest BCUT2D eigenvalue weighted by Crippen LogP contribution is 2.28. The van der Waals surface area contributed by atoms with Crippen LogP contribution in [0.25, 0.3) is 0 Å². The normalized spacial score (nSPS) is 16.9. The summed E-state index contributed by atoms with van der Waals surface area (Å²) in [7, 11) is 0. The van der Waals surface area contributed by atoms with Crippen molar-refractivity contribution in [3.63, 3.8) is 0 Å². The maximum atomic E-state index is 12.3. The van der Waals surface area contributed by atoms with Crippen LogP contribution >= 0.6 is 11.6 Å². The average molecular weight is 321 g/mol. The molecule has 0 saturated carbocycles. The molecule has 114 valence electrons. The van der Waals surface area contributed by atoms with Crippen molar-refractivity contribution in [3.05, 3.63) is 51.6 Å². The second-order valence-electron chi connectivity index (χ2n) is 5.14. The van der Waals surface area contributed by atoms with Crippen molar-refractivity contribution in [1.29, 1.82) is 0 Å². The van der Waals surface area contributed by atoms with E-state index in [2.05, 4.69) is 10.3 Å². The predicted octanol–water partition coefficient (Wildman–Crippen LogP) is 2.65. The van der Waals surface area contributed by atoms with Crippen LogP contribution in [0.5, 0.6) is 0 Å². The molecule has 22 heavy (non-hydrogen) atoms. The maximum absolute atomic E-state index is 12.3. The Kier molecular flexibility index (Phi) is 3.81. The first-order valence-electron chi connectivity index (χ1n) is 6.79. The molecule has 3 rings (SSSR count). The Labute approximate surface area is 131 Å². The zero-order valence-electron chi connectivity index (χ0n) is 11.5. The number of benzene rings is 1. The molecule has 0 radical (unpaired) electrons. The molecule has 8 heteroatoms. The zero-order valence-corrected chi connectivity index (χ0v) is 12.3. The van der Waals surface area contributed by atoms with Gasteiger partial charge in [0.2, 0.25) is 5.91 Å². The van der Waals surface area contributed by atoms with Gasteiger partial charge in [-0.05, 0) is 18.6 Å². The number of anilines is 1. The van der Waals surface area contributed by atoms with E-state index in [0.717, 1.165) is 12.4 Å². The minimum atomic E-state index is -0.574. The third kappa shape index (κ3) is 2.80. The van der Waals surface area contributed by atoms with Crippen LogP contribution in [0, 0.1) is 16.0 Å². The zero-order chi connectivity index (χ0) is 15.7. The van der Waals surface area contributed by atoms with Crippen molar-refractivity contribution in [2.45, 2.75) is 19.4 Å². The van der Waals surface area contributed by atoms with Gasteiger partial charge in [-0.3, -0.25) is 14.9 Å². The molecule has 1 aliphatic heterocycles. The standard InChI is InChI=1S/C14H13ClN4O3/c15-11-2-1-10(8-12(11)19(21)22)17-14(20)9-3-5-18-6-4-16-13(18)7-9/h1-2,4,6,8-9H,3,5,7H2,(H,17,20). The summed E-state index contributed by atoms with van der Waals surface area (Å²) in [4.78, 5) is 26.8. The number of nitro groups is 1. The van der Waals surface area contributed by atoms with Crippen molar-refractivity contribution in [2.24, 2.45) is 5.92 Å². The smallest absolute Gasteiger partial charge is 0.289 e. The third-order valence-corrected chi connectivity index (χ3v) is 4.05. The molecule has 1 unspecified atom stereocenters. The Morgan fingerprint density at radius 2 is 2.32 bits per heavy atom. The minimum Gasteiger partial charge on any atom is -0.335 e. The van der Waals surface area contributed by atoms with Gasteiger partial charge in [-0.15, -0.1) is 0 Å². The summed E-state index contributed by atoms with van der Waals surface area (Å²) >= 11 is 5.75. The number of carbonyl (C=O) groups excluding carboxylic acids is 1. The highest BCUT2D eigenvalue weighted by molar-refractivity contribution is 6.32. The number of aryl methyl sites for hydroxylation is 1. The summed E-state index contributed by atoms with van der Waals surface area (Å²) < 4.78 is 2.02. The highest BCUT2D eigenvalue weighted by Gasteiger charge is 2.25. The van der Waals surface area contributed by atoms with E-state index < -0.39 is 4.92 Å². The number of rotatable bonds is 3. The van der Waals surface area contributed by atoms with Gasteiger partial charge in [-0.2, -0.15) is 0 Å². The van der Waals surface area contributed by atoms with Gasteiger partial charge in [-0.25, -0.2) is 4.98 Å². The molecular formula is C14H13ClN4O3. The van der Waals surface area contributed by atoms with Gasteiger partial charge in [0, 0.05) is 43.0 Å². The van der Waals surface area contributed by atoms with Gasteiger partial charge in [0.05, 0.1) is 4.92 Å². The molecule has 1 atom stereocenters.